The number of nitrogens with zero attached hydrogens (tertiary/aromatic N) is 1. The summed E-state index contributed by atoms with van der Waals surface area (Å²) in [4.78, 5) is 0. The van der Waals surface area contributed by atoms with Crippen LogP contribution in [0.25, 0.3) is 0 Å². The summed E-state index contributed by atoms with van der Waals surface area (Å²) in [5, 5.41) is 7.53. The highest BCUT2D eigenvalue weighted by Crippen LogP contribution is 2.16. The number of nitrogens with one attached hydrogen (secondary N) is 2. The lowest BCUT2D eigenvalue weighted by atomic mass is 10.2. The fraction of sp³-hybridized carbons (Fsp3) is 0.0667. The van der Waals surface area contributed by atoms with E-state index >= 15 is 0 Å². The monoisotopic (exact) mass is 363 g/mol. The molecule has 0 saturated heterocycles. The van der Waals surface area contributed by atoms with Gasteiger partial charge in [-0.05, 0) is 42.0 Å². The molecular formula is C15H14BrN3OS. The molecule has 2 aromatic carbocycles. The number of benzene rings is 2. The Morgan fingerprint density at radius 1 is 1.24 bits per heavy atom. The molecule has 0 unspecified atom stereocenters. The largest absolute Gasteiger partial charge is 0.497 e. The molecule has 0 bridgehead atoms. The topological polar surface area (TPSA) is 45.6 Å². The van der Waals surface area contributed by atoms with E-state index in [1.807, 2.05) is 48.5 Å². The zero-order valence-electron chi connectivity index (χ0n) is 11.3. The van der Waals surface area contributed by atoms with E-state index in [4.69, 9.17) is 17.0 Å². The van der Waals surface area contributed by atoms with Gasteiger partial charge in [0.25, 0.3) is 0 Å². The zero-order valence-corrected chi connectivity index (χ0v) is 13.7. The molecule has 0 saturated carbocycles. The molecule has 0 radical (unpaired) electrons. The van der Waals surface area contributed by atoms with Crippen molar-refractivity contribution in [2.45, 2.75) is 0 Å². The van der Waals surface area contributed by atoms with Crippen LogP contribution in [0.5, 0.6) is 5.75 Å². The molecule has 0 aliphatic rings. The maximum Gasteiger partial charge on any atom is 0.191 e. The quantitative estimate of drug-likeness (QED) is 0.493. The number of methoxy groups -OCH3 is 1. The lowest BCUT2D eigenvalue weighted by molar-refractivity contribution is 0.415. The highest BCUT2D eigenvalue weighted by Gasteiger charge is 1.98. The van der Waals surface area contributed by atoms with Crippen LogP contribution in [0, 0.1) is 0 Å². The second-order valence-electron chi connectivity index (χ2n) is 4.11. The summed E-state index contributed by atoms with van der Waals surface area (Å²) in [5.41, 5.74) is 4.59. The lowest BCUT2D eigenvalue weighted by Gasteiger charge is -2.08. The van der Waals surface area contributed by atoms with E-state index < -0.39 is 0 Å². The summed E-state index contributed by atoms with van der Waals surface area (Å²) in [6, 6.07) is 15.3. The number of thiocarbonyl (C=S) groups is 1. The first kappa shape index (κ1) is 15.5. The van der Waals surface area contributed by atoms with Crippen molar-refractivity contribution < 1.29 is 4.74 Å². The van der Waals surface area contributed by atoms with E-state index in [1.54, 1.807) is 13.3 Å². The van der Waals surface area contributed by atoms with Crippen molar-refractivity contribution in [3.8, 4) is 5.75 Å². The highest BCUT2D eigenvalue weighted by atomic mass is 79.9. The minimum absolute atomic E-state index is 0.414. The van der Waals surface area contributed by atoms with Gasteiger partial charge in [0.2, 0.25) is 0 Å². The molecule has 0 aliphatic carbocycles. The minimum atomic E-state index is 0.414. The summed E-state index contributed by atoms with van der Waals surface area (Å²) in [7, 11) is 1.62. The average Bonchev–Trinajstić information content (AvgIpc) is 2.49. The van der Waals surface area contributed by atoms with Crippen LogP contribution in [-0.4, -0.2) is 18.4 Å². The Labute approximate surface area is 137 Å². The maximum atomic E-state index is 5.17. The van der Waals surface area contributed by atoms with Gasteiger partial charge in [-0.2, -0.15) is 5.10 Å². The number of rotatable bonds is 4. The number of hydrogen-bond donors (Lipinski definition) is 2. The van der Waals surface area contributed by atoms with Crippen molar-refractivity contribution in [2.75, 3.05) is 12.4 Å². The molecule has 0 amide bonds. The predicted molar refractivity (Wildman–Crippen MR) is 94.1 cm³/mol. The number of ether oxygens (including phenoxy) is 1. The van der Waals surface area contributed by atoms with E-state index in [0.29, 0.717) is 5.11 Å². The third-order valence-corrected chi connectivity index (χ3v) is 3.30. The van der Waals surface area contributed by atoms with Gasteiger partial charge in [0.05, 0.1) is 13.3 Å². The SMILES string of the molecule is COc1cccc(NC(=S)N/N=C/c2ccc(Br)cc2)c1. The molecular weight excluding hydrogens is 350 g/mol. The molecule has 21 heavy (non-hydrogen) atoms. The van der Waals surface area contributed by atoms with Crippen LogP contribution in [0.15, 0.2) is 58.1 Å². The van der Waals surface area contributed by atoms with Gasteiger partial charge in [0.1, 0.15) is 5.75 Å². The Balaban J connectivity index is 1.88. The van der Waals surface area contributed by atoms with Gasteiger partial charge in [-0.15, -0.1) is 0 Å². The molecule has 6 heteroatoms. The number of hydrazone groups is 1. The second kappa shape index (κ2) is 7.75. The normalized spacial score (nSPS) is 10.4. The number of hydrogen-bond acceptors (Lipinski definition) is 3. The van der Waals surface area contributed by atoms with Gasteiger partial charge in [0, 0.05) is 16.2 Å². The number of halogens is 1. The molecule has 108 valence electrons. The van der Waals surface area contributed by atoms with Crippen molar-refractivity contribution in [2.24, 2.45) is 5.10 Å². The average molecular weight is 364 g/mol. The van der Waals surface area contributed by atoms with Crippen LogP contribution in [0.1, 0.15) is 5.56 Å². The van der Waals surface area contributed by atoms with Crippen LogP contribution in [0.4, 0.5) is 5.69 Å². The van der Waals surface area contributed by atoms with Crippen LogP contribution in [0.2, 0.25) is 0 Å². The van der Waals surface area contributed by atoms with Crippen LogP contribution in [0.3, 0.4) is 0 Å². The van der Waals surface area contributed by atoms with E-state index in [1.165, 1.54) is 0 Å². The molecule has 2 aromatic rings. The molecule has 0 fully saturated rings. The Hall–Kier alpha value is -1.92. The first-order chi connectivity index (χ1) is 10.2. The third kappa shape index (κ3) is 5.17. The van der Waals surface area contributed by atoms with Gasteiger partial charge in [-0.1, -0.05) is 34.1 Å². The van der Waals surface area contributed by atoms with E-state index in [9.17, 15) is 0 Å². The summed E-state index contributed by atoms with van der Waals surface area (Å²) in [6.45, 7) is 0. The molecule has 0 heterocycles. The zero-order chi connectivity index (χ0) is 15.1. The van der Waals surface area contributed by atoms with E-state index in [-0.39, 0.29) is 0 Å². The highest BCUT2D eigenvalue weighted by molar-refractivity contribution is 9.10. The molecule has 2 rings (SSSR count). The van der Waals surface area contributed by atoms with Crippen molar-refractivity contribution >= 4 is 45.2 Å². The molecule has 2 N–H and O–H groups in total. The Morgan fingerprint density at radius 3 is 2.71 bits per heavy atom. The smallest absolute Gasteiger partial charge is 0.191 e. The number of anilines is 1. The Bertz CT molecular complexity index is 644. The van der Waals surface area contributed by atoms with Gasteiger partial charge < -0.3 is 10.1 Å². The van der Waals surface area contributed by atoms with Crippen molar-refractivity contribution in [3.05, 3.63) is 58.6 Å². The van der Waals surface area contributed by atoms with Crippen molar-refractivity contribution in [1.29, 1.82) is 0 Å². The molecule has 0 aliphatic heterocycles. The molecule has 0 spiro atoms. The van der Waals surface area contributed by atoms with E-state index in [2.05, 4.69) is 31.8 Å². The minimum Gasteiger partial charge on any atom is -0.497 e. The fourth-order valence-electron chi connectivity index (χ4n) is 1.57. The van der Waals surface area contributed by atoms with E-state index in [0.717, 1.165) is 21.5 Å². The molecule has 0 aromatic heterocycles. The standard InChI is InChI=1S/C15H14BrN3OS/c1-20-14-4-2-3-13(9-14)18-15(21)19-17-10-11-5-7-12(16)8-6-11/h2-10H,1H3,(H2,18,19,21)/b17-10+. The molecule has 0 atom stereocenters. The van der Waals surface area contributed by atoms with Crippen LogP contribution >= 0.6 is 28.1 Å². The van der Waals surface area contributed by atoms with Gasteiger partial charge in [0.15, 0.2) is 5.11 Å². The van der Waals surface area contributed by atoms with Crippen LogP contribution in [-0.2, 0) is 0 Å². The maximum absolute atomic E-state index is 5.17. The summed E-state index contributed by atoms with van der Waals surface area (Å²) in [6.07, 6.45) is 1.70. The van der Waals surface area contributed by atoms with Gasteiger partial charge in [-0.3, -0.25) is 5.43 Å². The fourth-order valence-corrected chi connectivity index (χ4v) is 2.01. The summed E-state index contributed by atoms with van der Waals surface area (Å²) < 4.78 is 6.18. The Morgan fingerprint density at radius 2 is 2.00 bits per heavy atom. The summed E-state index contributed by atoms with van der Waals surface area (Å²) in [5.74, 6) is 0.765. The predicted octanol–water partition coefficient (Wildman–Crippen LogP) is 3.78. The van der Waals surface area contributed by atoms with Gasteiger partial charge in [-0.25, -0.2) is 0 Å². The van der Waals surface area contributed by atoms with Crippen molar-refractivity contribution in [1.82, 2.24) is 5.43 Å². The first-order valence-corrected chi connectivity index (χ1v) is 7.37. The first-order valence-electron chi connectivity index (χ1n) is 6.17. The Kier molecular flexibility index (Phi) is 5.71. The lowest BCUT2D eigenvalue weighted by Crippen LogP contribution is -2.23. The van der Waals surface area contributed by atoms with Gasteiger partial charge >= 0.3 is 0 Å². The third-order valence-electron chi connectivity index (χ3n) is 2.58. The van der Waals surface area contributed by atoms with Crippen molar-refractivity contribution in [3.63, 3.8) is 0 Å². The summed E-state index contributed by atoms with van der Waals surface area (Å²) >= 11 is 8.55. The molecule has 4 nitrogen and oxygen atoms in total. The van der Waals surface area contributed by atoms with Crippen LogP contribution < -0.4 is 15.5 Å². The second-order valence-corrected chi connectivity index (χ2v) is 5.43.